The third-order valence-electron chi connectivity index (χ3n) is 3.79. The Kier molecular flexibility index (Phi) is 5.13. The number of thiophene rings is 1. The standard InChI is InChI=1S/C16H18N4OS2/c1-10-19-15(22-9-13(21)18-8-4-7-17)14-11-5-2-3-6-12(11)23-16(14)20-10/h2-6,8-9H2,1H3,(H,18,21). The van der Waals surface area contributed by atoms with Crippen molar-refractivity contribution in [2.45, 2.75) is 44.1 Å². The minimum Gasteiger partial charge on any atom is -0.354 e. The zero-order valence-electron chi connectivity index (χ0n) is 13.0. The van der Waals surface area contributed by atoms with Gasteiger partial charge in [-0.2, -0.15) is 5.26 Å². The molecule has 1 amide bonds. The normalized spacial score (nSPS) is 13.6. The van der Waals surface area contributed by atoms with Crippen LogP contribution in [0.3, 0.4) is 0 Å². The van der Waals surface area contributed by atoms with Crippen molar-refractivity contribution in [1.29, 1.82) is 5.26 Å². The molecule has 23 heavy (non-hydrogen) atoms. The van der Waals surface area contributed by atoms with Gasteiger partial charge in [0.15, 0.2) is 0 Å². The molecule has 1 aliphatic rings. The minimum atomic E-state index is -0.0567. The van der Waals surface area contributed by atoms with Crippen LogP contribution >= 0.6 is 23.1 Å². The van der Waals surface area contributed by atoms with Gasteiger partial charge in [-0.05, 0) is 38.2 Å². The fraction of sp³-hybridized carbons (Fsp3) is 0.500. The molecule has 0 radical (unpaired) electrons. The average Bonchev–Trinajstić information content (AvgIpc) is 2.90. The Morgan fingerprint density at radius 2 is 2.22 bits per heavy atom. The molecule has 0 saturated heterocycles. The Balaban J connectivity index is 1.81. The molecule has 0 saturated carbocycles. The predicted molar refractivity (Wildman–Crippen MR) is 92.8 cm³/mol. The van der Waals surface area contributed by atoms with Crippen LogP contribution in [0.25, 0.3) is 10.2 Å². The first-order chi connectivity index (χ1) is 11.2. The van der Waals surface area contributed by atoms with Gasteiger partial charge in [-0.3, -0.25) is 4.79 Å². The summed E-state index contributed by atoms with van der Waals surface area (Å²) >= 11 is 3.25. The lowest BCUT2D eigenvalue weighted by molar-refractivity contribution is -0.118. The third kappa shape index (κ3) is 3.65. The number of thioether (sulfide) groups is 1. The lowest BCUT2D eigenvalue weighted by atomic mass is 9.97. The number of rotatable bonds is 5. The van der Waals surface area contributed by atoms with Crippen LogP contribution in [0.1, 0.15) is 35.5 Å². The molecule has 1 N–H and O–H groups in total. The summed E-state index contributed by atoms with van der Waals surface area (Å²) in [5, 5.41) is 13.3. The molecule has 0 aliphatic heterocycles. The van der Waals surface area contributed by atoms with Crippen LogP contribution in [-0.4, -0.2) is 28.2 Å². The molecule has 0 atom stereocenters. The monoisotopic (exact) mass is 346 g/mol. The van der Waals surface area contributed by atoms with Crippen molar-refractivity contribution < 1.29 is 4.79 Å². The van der Waals surface area contributed by atoms with Crippen molar-refractivity contribution >= 4 is 39.2 Å². The zero-order chi connectivity index (χ0) is 16.2. The van der Waals surface area contributed by atoms with E-state index >= 15 is 0 Å². The van der Waals surface area contributed by atoms with Crippen molar-refractivity contribution in [3.63, 3.8) is 0 Å². The van der Waals surface area contributed by atoms with E-state index in [2.05, 4.69) is 15.3 Å². The maximum absolute atomic E-state index is 11.9. The molecular formula is C16H18N4OS2. The first-order valence-electron chi connectivity index (χ1n) is 7.74. The Morgan fingerprint density at radius 1 is 1.39 bits per heavy atom. The van der Waals surface area contributed by atoms with Gasteiger partial charge in [-0.1, -0.05) is 11.8 Å². The smallest absolute Gasteiger partial charge is 0.230 e. The van der Waals surface area contributed by atoms with Crippen LogP contribution in [0.15, 0.2) is 5.03 Å². The summed E-state index contributed by atoms with van der Waals surface area (Å²) in [7, 11) is 0. The van der Waals surface area contributed by atoms with Crippen LogP contribution in [-0.2, 0) is 17.6 Å². The van der Waals surface area contributed by atoms with E-state index in [0.29, 0.717) is 18.7 Å². The average molecular weight is 346 g/mol. The summed E-state index contributed by atoms with van der Waals surface area (Å²) in [4.78, 5) is 23.5. The molecular weight excluding hydrogens is 328 g/mol. The van der Waals surface area contributed by atoms with Gasteiger partial charge in [-0.15, -0.1) is 11.3 Å². The minimum absolute atomic E-state index is 0.0567. The number of nitrogens with one attached hydrogen (secondary N) is 1. The number of hydrogen-bond donors (Lipinski definition) is 1. The number of carbonyl (C=O) groups is 1. The highest BCUT2D eigenvalue weighted by molar-refractivity contribution is 8.00. The van der Waals surface area contributed by atoms with Crippen molar-refractivity contribution in [2.75, 3.05) is 12.3 Å². The Morgan fingerprint density at radius 3 is 3.04 bits per heavy atom. The molecule has 3 rings (SSSR count). The van der Waals surface area contributed by atoms with Gasteiger partial charge in [0.1, 0.15) is 15.7 Å². The van der Waals surface area contributed by atoms with Crippen LogP contribution in [0.5, 0.6) is 0 Å². The van der Waals surface area contributed by atoms with Gasteiger partial charge in [0, 0.05) is 16.8 Å². The van der Waals surface area contributed by atoms with E-state index in [9.17, 15) is 4.79 Å². The fourth-order valence-corrected chi connectivity index (χ4v) is 5.07. The first-order valence-corrected chi connectivity index (χ1v) is 9.54. The quantitative estimate of drug-likeness (QED) is 0.511. The van der Waals surface area contributed by atoms with E-state index in [4.69, 9.17) is 5.26 Å². The largest absolute Gasteiger partial charge is 0.354 e. The molecule has 0 fully saturated rings. The molecule has 0 aromatic carbocycles. The lowest BCUT2D eigenvalue weighted by Crippen LogP contribution is -2.25. The van der Waals surface area contributed by atoms with Crippen molar-refractivity contribution in [2.24, 2.45) is 0 Å². The van der Waals surface area contributed by atoms with Gasteiger partial charge in [0.2, 0.25) is 5.91 Å². The maximum atomic E-state index is 11.9. The number of aromatic nitrogens is 2. The van der Waals surface area contributed by atoms with E-state index in [1.165, 1.54) is 35.0 Å². The molecule has 7 heteroatoms. The topological polar surface area (TPSA) is 78.7 Å². The Labute approximate surface area is 143 Å². The summed E-state index contributed by atoms with van der Waals surface area (Å²) in [6, 6.07) is 2.02. The van der Waals surface area contributed by atoms with Gasteiger partial charge in [0.25, 0.3) is 0 Å². The van der Waals surface area contributed by atoms with Crippen molar-refractivity contribution in [3.05, 3.63) is 16.3 Å². The van der Waals surface area contributed by atoms with Crippen LogP contribution in [0.4, 0.5) is 0 Å². The van der Waals surface area contributed by atoms with Gasteiger partial charge in [0.05, 0.1) is 18.2 Å². The Bertz CT molecular complexity index is 778. The predicted octanol–water partition coefficient (Wildman–Crippen LogP) is 3.00. The van der Waals surface area contributed by atoms with E-state index in [1.807, 2.05) is 13.0 Å². The number of nitriles is 1. The molecule has 120 valence electrons. The molecule has 0 spiro atoms. The summed E-state index contributed by atoms with van der Waals surface area (Å²) in [5.41, 5.74) is 1.39. The highest BCUT2D eigenvalue weighted by Gasteiger charge is 2.21. The second kappa shape index (κ2) is 7.28. The van der Waals surface area contributed by atoms with E-state index in [-0.39, 0.29) is 5.91 Å². The molecule has 2 heterocycles. The molecule has 5 nitrogen and oxygen atoms in total. The van der Waals surface area contributed by atoms with Gasteiger partial charge < -0.3 is 5.32 Å². The number of aryl methyl sites for hydroxylation is 3. The van der Waals surface area contributed by atoms with Crippen LogP contribution in [0, 0.1) is 18.3 Å². The van der Waals surface area contributed by atoms with E-state index in [0.717, 1.165) is 33.9 Å². The highest BCUT2D eigenvalue weighted by atomic mass is 32.2. The van der Waals surface area contributed by atoms with Crippen LogP contribution < -0.4 is 5.32 Å². The number of amides is 1. The summed E-state index contributed by atoms with van der Waals surface area (Å²) in [6.45, 7) is 2.30. The second-order valence-electron chi connectivity index (χ2n) is 5.51. The van der Waals surface area contributed by atoms with Crippen LogP contribution in [0.2, 0.25) is 0 Å². The highest BCUT2D eigenvalue weighted by Crippen LogP contribution is 2.39. The number of fused-ring (bicyclic) bond motifs is 3. The lowest BCUT2D eigenvalue weighted by Gasteiger charge is -2.11. The zero-order valence-corrected chi connectivity index (χ0v) is 14.6. The number of hydrogen-bond acceptors (Lipinski definition) is 6. The molecule has 0 bridgehead atoms. The summed E-state index contributed by atoms with van der Waals surface area (Å²) in [6.07, 6.45) is 5.02. The molecule has 1 aliphatic carbocycles. The fourth-order valence-electron chi connectivity index (χ4n) is 2.77. The van der Waals surface area contributed by atoms with E-state index < -0.39 is 0 Å². The van der Waals surface area contributed by atoms with Gasteiger partial charge in [-0.25, -0.2) is 9.97 Å². The number of nitrogens with zero attached hydrogens (tertiary/aromatic N) is 3. The first kappa shape index (κ1) is 16.2. The van der Waals surface area contributed by atoms with Crippen molar-refractivity contribution in [3.8, 4) is 6.07 Å². The molecule has 0 unspecified atom stereocenters. The Hall–Kier alpha value is -1.65. The molecule has 2 aromatic heterocycles. The molecule has 2 aromatic rings. The second-order valence-corrected chi connectivity index (χ2v) is 7.56. The van der Waals surface area contributed by atoms with E-state index in [1.54, 1.807) is 11.3 Å². The number of carbonyl (C=O) groups excluding carboxylic acids is 1. The van der Waals surface area contributed by atoms with Crippen molar-refractivity contribution in [1.82, 2.24) is 15.3 Å². The summed E-state index contributed by atoms with van der Waals surface area (Å²) in [5.74, 6) is 1.02. The SMILES string of the molecule is Cc1nc(SCC(=O)NCCC#N)c2c3c(sc2n1)CCCC3. The maximum Gasteiger partial charge on any atom is 0.230 e. The summed E-state index contributed by atoms with van der Waals surface area (Å²) < 4.78 is 0. The van der Waals surface area contributed by atoms with Gasteiger partial charge >= 0.3 is 0 Å². The third-order valence-corrected chi connectivity index (χ3v) is 5.95.